The van der Waals surface area contributed by atoms with E-state index in [1.807, 2.05) is 7.05 Å². The van der Waals surface area contributed by atoms with Crippen molar-refractivity contribution in [2.24, 2.45) is 0 Å². The van der Waals surface area contributed by atoms with Gasteiger partial charge in [-0.25, -0.2) is 15.0 Å². The SMILES string of the molecule is CNc1nccc(-c2cccnc2Oc2cc(C(=O)Nc3cc(OC[C@@H]4CCCN4C)cc(C(F)(F)F)c3)ccc2Cl)n1. The maximum atomic E-state index is 13.7. The van der Waals surface area contributed by atoms with E-state index in [4.69, 9.17) is 21.1 Å². The van der Waals surface area contributed by atoms with Gasteiger partial charge in [0.25, 0.3) is 5.91 Å². The number of ether oxygens (including phenoxy) is 2. The summed E-state index contributed by atoms with van der Waals surface area (Å²) < 4.78 is 52.8. The Bertz CT molecular complexity index is 1620. The lowest BCUT2D eigenvalue weighted by Gasteiger charge is -2.20. The fourth-order valence-corrected chi connectivity index (χ4v) is 4.78. The fourth-order valence-electron chi connectivity index (χ4n) is 4.63. The molecule has 1 atom stereocenters. The van der Waals surface area contributed by atoms with Crippen LogP contribution in [0.15, 0.2) is 67.0 Å². The molecule has 0 aliphatic carbocycles. The Morgan fingerprint density at radius 2 is 1.95 bits per heavy atom. The van der Waals surface area contributed by atoms with E-state index < -0.39 is 17.6 Å². The number of aromatic nitrogens is 3. The molecule has 43 heavy (non-hydrogen) atoms. The number of rotatable bonds is 9. The van der Waals surface area contributed by atoms with Gasteiger partial charge in [0.15, 0.2) is 0 Å². The van der Waals surface area contributed by atoms with Crippen LogP contribution in [0.2, 0.25) is 5.02 Å². The number of hydrogen-bond donors (Lipinski definition) is 2. The lowest BCUT2D eigenvalue weighted by molar-refractivity contribution is -0.137. The molecule has 1 amide bonds. The van der Waals surface area contributed by atoms with Gasteiger partial charge in [0.05, 0.1) is 21.8 Å². The molecule has 0 unspecified atom stereocenters. The van der Waals surface area contributed by atoms with Crippen LogP contribution in [0.3, 0.4) is 0 Å². The number of amides is 1. The summed E-state index contributed by atoms with van der Waals surface area (Å²) in [7, 11) is 3.64. The number of carbonyl (C=O) groups is 1. The average Bonchev–Trinajstić information content (AvgIpc) is 3.41. The van der Waals surface area contributed by atoms with Crippen molar-refractivity contribution < 1.29 is 27.4 Å². The number of hydrogen-bond acceptors (Lipinski definition) is 8. The maximum Gasteiger partial charge on any atom is 0.416 e. The third-order valence-electron chi connectivity index (χ3n) is 6.93. The van der Waals surface area contributed by atoms with Gasteiger partial charge in [-0.3, -0.25) is 4.79 Å². The predicted molar refractivity (Wildman–Crippen MR) is 157 cm³/mol. The van der Waals surface area contributed by atoms with E-state index in [1.165, 1.54) is 30.5 Å². The van der Waals surface area contributed by atoms with Gasteiger partial charge in [-0.1, -0.05) is 11.6 Å². The molecule has 224 valence electrons. The monoisotopic (exact) mass is 612 g/mol. The molecule has 13 heteroatoms. The van der Waals surface area contributed by atoms with Crippen molar-refractivity contribution in [3.63, 3.8) is 0 Å². The van der Waals surface area contributed by atoms with Gasteiger partial charge in [-0.2, -0.15) is 13.2 Å². The predicted octanol–water partition coefficient (Wildman–Crippen LogP) is 6.77. The van der Waals surface area contributed by atoms with E-state index in [9.17, 15) is 18.0 Å². The van der Waals surface area contributed by atoms with E-state index in [-0.39, 0.29) is 46.3 Å². The molecule has 9 nitrogen and oxygen atoms in total. The van der Waals surface area contributed by atoms with E-state index in [0.717, 1.165) is 31.5 Å². The van der Waals surface area contributed by atoms with Crippen LogP contribution in [0.25, 0.3) is 11.3 Å². The molecule has 0 bridgehead atoms. The molecule has 1 saturated heterocycles. The molecule has 2 aromatic heterocycles. The Balaban J connectivity index is 1.37. The molecule has 3 heterocycles. The molecule has 0 saturated carbocycles. The number of alkyl halides is 3. The first kappa shape index (κ1) is 30.1. The molecular weight excluding hydrogens is 585 g/mol. The zero-order valence-electron chi connectivity index (χ0n) is 23.3. The van der Waals surface area contributed by atoms with Crippen LogP contribution in [0, 0.1) is 0 Å². The number of pyridine rings is 1. The Morgan fingerprint density at radius 1 is 1.12 bits per heavy atom. The van der Waals surface area contributed by atoms with Gasteiger partial charge < -0.3 is 25.0 Å². The average molecular weight is 613 g/mol. The number of carbonyl (C=O) groups excluding carboxylic acids is 1. The molecule has 0 radical (unpaired) electrons. The lowest BCUT2D eigenvalue weighted by Crippen LogP contribution is -2.30. The fraction of sp³-hybridized carbons (Fsp3) is 0.267. The van der Waals surface area contributed by atoms with Crippen LogP contribution in [0.1, 0.15) is 28.8 Å². The Labute approximate surface area is 251 Å². The molecule has 2 N–H and O–H groups in total. The first-order chi connectivity index (χ1) is 20.6. The minimum absolute atomic E-state index is 0.0133. The van der Waals surface area contributed by atoms with E-state index in [0.29, 0.717) is 17.2 Å². The number of anilines is 2. The van der Waals surface area contributed by atoms with Crippen LogP contribution in [-0.4, -0.2) is 59.0 Å². The van der Waals surface area contributed by atoms with Crippen molar-refractivity contribution in [1.82, 2.24) is 19.9 Å². The van der Waals surface area contributed by atoms with Crippen molar-refractivity contribution in [3.05, 3.63) is 83.1 Å². The smallest absolute Gasteiger partial charge is 0.416 e. The zero-order chi connectivity index (χ0) is 30.6. The summed E-state index contributed by atoms with van der Waals surface area (Å²) in [6.07, 6.45) is 0.376. The minimum Gasteiger partial charge on any atom is -0.492 e. The van der Waals surface area contributed by atoms with Gasteiger partial charge in [0.1, 0.15) is 18.1 Å². The Morgan fingerprint density at radius 3 is 2.70 bits per heavy atom. The van der Waals surface area contributed by atoms with Crippen molar-refractivity contribution in [3.8, 4) is 28.6 Å². The number of nitrogens with zero attached hydrogens (tertiary/aromatic N) is 4. The molecule has 0 spiro atoms. The maximum absolute atomic E-state index is 13.7. The lowest BCUT2D eigenvalue weighted by atomic mass is 10.1. The summed E-state index contributed by atoms with van der Waals surface area (Å²) in [6.45, 7) is 1.15. The van der Waals surface area contributed by atoms with Crippen LogP contribution in [0.4, 0.5) is 24.8 Å². The van der Waals surface area contributed by atoms with Crippen molar-refractivity contribution in [1.29, 1.82) is 0 Å². The summed E-state index contributed by atoms with van der Waals surface area (Å²) in [5, 5.41) is 5.60. The largest absolute Gasteiger partial charge is 0.492 e. The van der Waals surface area contributed by atoms with E-state index >= 15 is 0 Å². The standard InChI is InChI=1S/C30H28ClF3N6O3/c1-35-29-37-11-9-25(39-29)23-6-3-10-36-28(23)43-26-13-18(7-8-24(26)31)27(41)38-20-14-19(30(32,33)34)15-22(16-20)42-17-21-5-4-12-40(21)2/h3,6-11,13-16,21H,4-5,12,17H2,1-2H3,(H,38,41)(H,35,37,39)/t21-/m0/s1. The first-order valence-electron chi connectivity index (χ1n) is 13.4. The van der Waals surface area contributed by atoms with Crippen molar-refractivity contribution in [2.75, 3.05) is 37.9 Å². The highest BCUT2D eigenvalue weighted by Crippen LogP contribution is 2.36. The summed E-state index contributed by atoms with van der Waals surface area (Å²) >= 11 is 6.38. The number of likely N-dealkylation sites (N-methyl/N-ethyl adjacent to an activating group) is 1. The van der Waals surface area contributed by atoms with Gasteiger partial charge >= 0.3 is 6.18 Å². The molecule has 4 aromatic rings. The quantitative estimate of drug-likeness (QED) is 0.214. The number of halogens is 4. The molecule has 5 rings (SSSR count). The normalized spacial score (nSPS) is 15.3. The first-order valence-corrected chi connectivity index (χ1v) is 13.8. The van der Waals surface area contributed by atoms with Gasteiger partial charge in [-0.15, -0.1) is 0 Å². The second-order valence-electron chi connectivity index (χ2n) is 9.90. The molecule has 1 fully saturated rings. The summed E-state index contributed by atoms with van der Waals surface area (Å²) in [4.78, 5) is 28.1. The highest BCUT2D eigenvalue weighted by molar-refractivity contribution is 6.32. The van der Waals surface area contributed by atoms with E-state index in [2.05, 4.69) is 30.5 Å². The summed E-state index contributed by atoms with van der Waals surface area (Å²) in [6, 6.07) is 12.7. The van der Waals surface area contributed by atoms with Crippen LogP contribution in [0.5, 0.6) is 17.4 Å². The topological polar surface area (TPSA) is 102 Å². The van der Waals surface area contributed by atoms with Crippen LogP contribution >= 0.6 is 11.6 Å². The van der Waals surface area contributed by atoms with Gasteiger partial charge in [0, 0.05) is 42.8 Å². The highest BCUT2D eigenvalue weighted by atomic mass is 35.5. The Kier molecular flexibility index (Phi) is 8.97. The molecule has 1 aliphatic heterocycles. The van der Waals surface area contributed by atoms with E-state index in [1.54, 1.807) is 31.4 Å². The highest BCUT2D eigenvalue weighted by Gasteiger charge is 2.32. The number of nitrogens with one attached hydrogen (secondary N) is 2. The minimum atomic E-state index is -4.64. The third kappa shape index (κ3) is 7.33. The van der Waals surface area contributed by atoms with Crippen LogP contribution < -0.4 is 20.1 Å². The van der Waals surface area contributed by atoms with Crippen LogP contribution in [-0.2, 0) is 6.18 Å². The molecule has 2 aromatic carbocycles. The zero-order valence-corrected chi connectivity index (χ0v) is 24.0. The Hall–Kier alpha value is -4.42. The second-order valence-corrected chi connectivity index (χ2v) is 10.3. The van der Waals surface area contributed by atoms with Gasteiger partial charge in [0.2, 0.25) is 11.8 Å². The third-order valence-corrected chi connectivity index (χ3v) is 7.24. The molecule has 1 aliphatic rings. The van der Waals surface area contributed by atoms with Crippen molar-refractivity contribution in [2.45, 2.75) is 25.1 Å². The summed E-state index contributed by atoms with van der Waals surface area (Å²) in [5.41, 5.74) is 0.184. The number of likely N-dealkylation sites (tertiary alicyclic amines) is 1. The molecular formula is C30H28ClF3N6O3. The number of benzene rings is 2. The van der Waals surface area contributed by atoms with Crippen molar-refractivity contribution >= 4 is 29.1 Å². The second kappa shape index (κ2) is 12.8. The summed E-state index contributed by atoms with van der Waals surface area (Å²) in [5.74, 6) is 0.0386. The van der Waals surface area contributed by atoms with Gasteiger partial charge in [-0.05, 0) is 75.0 Å².